The fourth-order valence-electron chi connectivity index (χ4n) is 3.13. The minimum absolute atomic E-state index is 0.0407. The Labute approximate surface area is 130 Å². The number of fused-ring (bicyclic) bond motifs is 1. The maximum atomic E-state index is 12.5. The van der Waals surface area contributed by atoms with E-state index in [0.29, 0.717) is 30.0 Å². The quantitative estimate of drug-likeness (QED) is 0.869. The molecule has 2 heterocycles. The number of ether oxygens (including phenoxy) is 1. The summed E-state index contributed by atoms with van der Waals surface area (Å²) in [6.07, 6.45) is 2.30. The van der Waals surface area contributed by atoms with Crippen molar-refractivity contribution in [2.24, 2.45) is 0 Å². The Morgan fingerprint density at radius 2 is 2.23 bits per heavy atom. The first-order chi connectivity index (χ1) is 10.6. The van der Waals surface area contributed by atoms with Crippen molar-refractivity contribution in [2.75, 3.05) is 18.0 Å². The molecule has 118 valence electrons. The van der Waals surface area contributed by atoms with Crippen LogP contribution in [0.3, 0.4) is 0 Å². The highest BCUT2D eigenvalue weighted by Gasteiger charge is 2.29. The molecule has 0 spiro atoms. The third-order valence-electron chi connectivity index (χ3n) is 4.28. The molecule has 0 aromatic heterocycles. The number of amides is 1. The average molecular weight is 302 g/mol. The molecule has 1 saturated heterocycles. The van der Waals surface area contributed by atoms with E-state index >= 15 is 0 Å². The van der Waals surface area contributed by atoms with Gasteiger partial charge in [-0.1, -0.05) is 6.92 Å². The summed E-state index contributed by atoms with van der Waals surface area (Å²) in [5.41, 5.74) is 1.36. The molecule has 0 saturated carbocycles. The van der Waals surface area contributed by atoms with Crippen LogP contribution in [0.5, 0.6) is 5.75 Å². The molecule has 2 aliphatic rings. The molecule has 0 radical (unpaired) electrons. The third kappa shape index (κ3) is 2.73. The van der Waals surface area contributed by atoms with Gasteiger partial charge in [0.15, 0.2) is 5.78 Å². The summed E-state index contributed by atoms with van der Waals surface area (Å²) >= 11 is 0. The van der Waals surface area contributed by atoms with Crippen molar-refractivity contribution in [3.05, 3.63) is 23.8 Å². The van der Waals surface area contributed by atoms with E-state index in [4.69, 9.17) is 4.74 Å². The standard InChI is InChI=1S/C17H22N2O3/c1-3-16(20)19-10-11(2)22-15-7-6-12(9-14(15)19)17(21)13-5-4-8-18-13/h6-7,9,11,13,18H,3-5,8,10H2,1-2H3. The highest BCUT2D eigenvalue weighted by Crippen LogP contribution is 2.35. The smallest absolute Gasteiger partial charge is 0.226 e. The van der Waals surface area contributed by atoms with Gasteiger partial charge in [-0.3, -0.25) is 9.59 Å². The second-order valence-corrected chi connectivity index (χ2v) is 5.98. The molecule has 0 bridgehead atoms. The number of nitrogens with one attached hydrogen (secondary N) is 1. The average Bonchev–Trinajstić information content (AvgIpc) is 3.06. The molecule has 1 N–H and O–H groups in total. The maximum Gasteiger partial charge on any atom is 0.226 e. The first-order valence-electron chi connectivity index (χ1n) is 7.98. The van der Waals surface area contributed by atoms with Crippen molar-refractivity contribution in [3.63, 3.8) is 0 Å². The van der Waals surface area contributed by atoms with Gasteiger partial charge in [0, 0.05) is 12.0 Å². The largest absolute Gasteiger partial charge is 0.487 e. The summed E-state index contributed by atoms with van der Waals surface area (Å²) in [7, 11) is 0. The number of benzene rings is 1. The molecule has 1 aromatic carbocycles. The Kier molecular flexibility index (Phi) is 4.16. The van der Waals surface area contributed by atoms with E-state index in [0.717, 1.165) is 19.4 Å². The molecule has 2 unspecified atom stereocenters. The number of hydrogen-bond acceptors (Lipinski definition) is 4. The lowest BCUT2D eigenvalue weighted by Gasteiger charge is -2.33. The SMILES string of the molecule is CCC(=O)N1CC(C)Oc2ccc(C(=O)C3CCCN3)cc21. The van der Waals surface area contributed by atoms with Gasteiger partial charge in [0.05, 0.1) is 18.3 Å². The minimum atomic E-state index is -0.100. The molecule has 5 heteroatoms. The number of Topliss-reactive ketones (excluding diaryl/α,β-unsaturated/α-hetero) is 1. The molecule has 2 aliphatic heterocycles. The van der Waals surface area contributed by atoms with E-state index in [1.54, 1.807) is 17.0 Å². The second kappa shape index (κ2) is 6.08. The lowest BCUT2D eigenvalue weighted by molar-refractivity contribution is -0.118. The first-order valence-corrected chi connectivity index (χ1v) is 7.98. The summed E-state index contributed by atoms with van der Waals surface area (Å²) < 4.78 is 5.80. The van der Waals surface area contributed by atoms with Gasteiger partial charge < -0.3 is 15.0 Å². The van der Waals surface area contributed by atoms with E-state index in [-0.39, 0.29) is 23.8 Å². The number of carbonyl (C=O) groups excluding carboxylic acids is 2. The lowest BCUT2D eigenvalue weighted by atomic mass is 10.0. The Balaban J connectivity index is 1.93. The summed E-state index contributed by atoms with van der Waals surface area (Å²) in [4.78, 5) is 26.5. The number of anilines is 1. The Morgan fingerprint density at radius 1 is 1.41 bits per heavy atom. The minimum Gasteiger partial charge on any atom is -0.487 e. The zero-order chi connectivity index (χ0) is 15.7. The normalized spacial score (nSPS) is 23.8. The van der Waals surface area contributed by atoms with Crippen LogP contribution in [0.25, 0.3) is 0 Å². The van der Waals surface area contributed by atoms with Crippen LogP contribution in [0.2, 0.25) is 0 Å². The molecule has 22 heavy (non-hydrogen) atoms. The fraction of sp³-hybridized carbons (Fsp3) is 0.529. The van der Waals surface area contributed by atoms with Crippen molar-refractivity contribution in [1.82, 2.24) is 5.32 Å². The predicted octanol–water partition coefficient (Wildman–Crippen LogP) is 2.15. The molecular weight excluding hydrogens is 280 g/mol. The van der Waals surface area contributed by atoms with Crippen LogP contribution in [0, 0.1) is 0 Å². The van der Waals surface area contributed by atoms with Gasteiger partial charge in [-0.05, 0) is 44.5 Å². The van der Waals surface area contributed by atoms with Crippen LogP contribution in [0.4, 0.5) is 5.69 Å². The highest BCUT2D eigenvalue weighted by molar-refractivity contribution is 6.03. The molecule has 1 amide bonds. The molecule has 3 rings (SSSR count). The highest BCUT2D eigenvalue weighted by atomic mass is 16.5. The van der Waals surface area contributed by atoms with Gasteiger partial charge in [0.2, 0.25) is 5.91 Å². The van der Waals surface area contributed by atoms with Crippen molar-refractivity contribution in [2.45, 2.75) is 45.3 Å². The summed E-state index contributed by atoms with van der Waals surface area (Å²) in [6.45, 7) is 5.21. The topological polar surface area (TPSA) is 58.6 Å². The van der Waals surface area contributed by atoms with Gasteiger partial charge in [0.25, 0.3) is 0 Å². The molecule has 2 atom stereocenters. The van der Waals surface area contributed by atoms with E-state index in [2.05, 4.69) is 5.32 Å². The number of nitrogens with zero attached hydrogens (tertiary/aromatic N) is 1. The van der Waals surface area contributed by atoms with E-state index < -0.39 is 0 Å². The molecular formula is C17H22N2O3. The molecule has 1 fully saturated rings. The van der Waals surface area contributed by atoms with Crippen LogP contribution in [0.1, 0.15) is 43.5 Å². The monoisotopic (exact) mass is 302 g/mol. The molecule has 1 aromatic rings. The zero-order valence-electron chi connectivity index (χ0n) is 13.1. The van der Waals surface area contributed by atoms with Gasteiger partial charge in [0.1, 0.15) is 11.9 Å². The van der Waals surface area contributed by atoms with Crippen molar-refractivity contribution < 1.29 is 14.3 Å². The van der Waals surface area contributed by atoms with Crippen LogP contribution in [0.15, 0.2) is 18.2 Å². The van der Waals surface area contributed by atoms with Gasteiger partial charge in [-0.2, -0.15) is 0 Å². The summed E-state index contributed by atoms with van der Waals surface area (Å²) in [6, 6.07) is 5.31. The van der Waals surface area contributed by atoms with Crippen molar-refractivity contribution in [1.29, 1.82) is 0 Å². The maximum absolute atomic E-state index is 12.5. The number of hydrogen-bond donors (Lipinski definition) is 1. The van der Waals surface area contributed by atoms with E-state index in [1.807, 2.05) is 19.9 Å². The van der Waals surface area contributed by atoms with Crippen LogP contribution in [-0.2, 0) is 4.79 Å². The van der Waals surface area contributed by atoms with Crippen molar-refractivity contribution in [3.8, 4) is 5.75 Å². The number of ketones is 1. The Morgan fingerprint density at radius 3 is 2.91 bits per heavy atom. The van der Waals surface area contributed by atoms with Crippen LogP contribution >= 0.6 is 0 Å². The summed E-state index contributed by atoms with van der Waals surface area (Å²) in [5.74, 6) is 0.833. The van der Waals surface area contributed by atoms with E-state index in [1.165, 1.54) is 0 Å². The summed E-state index contributed by atoms with van der Waals surface area (Å²) in [5, 5.41) is 3.23. The number of rotatable bonds is 3. The van der Waals surface area contributed by atoms with Gasteiger partial charge >= 0.3 is 0 Å². The predicted molar refractivity (Wildman–Crippen MR) is 84.5 cm³/mol. The number of carbonyl (C=O) groups is 2. The van der Waals surface area contributed by atoms with Crippen molar-refractivity contribution >= 4 is 17.4 Å². The first kappa shape index (κ1) is 15.0. The van der Waals surface area contributed by atoms with Gasteiger partial charge in [-0.15, -0.1) is 0 Å². The Hall–Kier alpha value is -1.88. The Bertz CT molecular complexity index is 594. The van der Waals surface area contributed by atoms with E-state index in [9.17, 15) is 9.59 Å². The third-order valence-corrected chi connectivity index (χ3v) is 4.28. The second-order valence-electron chi connectivity index (χ2n) is 5.98. The van der Waals surface area contributed by atoms with Gasteiger partial charge in [-0.25, -0.2) is 0 Å². The molecule has 5 nitrogen and oxygen atoms in total. The lowest BCUT2D eigenvalue weighted by Crippen LogP contribution is -2.42. The fourth-order valence-corrected chi connectivity index (χ4v) is 3.13. The van der Waals surface area contributed by atoms with Crippen LogP contribution in [-0.4, -0.2) is 36.9 Å². The van der Waals surface area contributed by atoms with Crippen LogP contribution < -0.4 is 15.0 Å². The zero-order valence-corrected chi connectivity index (χ0v) is 13.1. The molecule has 0 aliphatic carbocycles.